The van der Waals surface area contributed by atoms with Crippen LogP contribution in [0, 0.1) is 0 Å². The van der Waals surface area contributed by atoms with Crippen LogP contribution < -0.4 is 11.1 Å². The third kappa shape index (κ3) is 1.64. The Kier molecular flexibility index (Phi) is 2.00. The Morgan fingerprint density at radius 3 is 2.82 bits per heavy atom. The second kappa shape index (κ2) is 2.96. The van der Waals surface area contributed by atoms with Crippen LogP contribution in [0.4, 0.5) is 0 Å². The van der Waals surface area contributed by atoms with Crippen molar-refractivity contribution >= 4 is 17.4 Å². The number of ketones is 1. The molecule has 0 aliphatic carbocycles. The summed E-state index contributed by atoms with van der Waals surface area (Å²) in [5.74, 6) is -1.72. The molecule has 3 N–H and O–H groups in total. The maximum atomic E-state index is 10.8. The second-order valence-corrected chi connectivity index (χ2v) is 1.93. The summed E-state index contributed by atoms with van der Waals surface area (Å²) in [6.45, 7) is 0.310. The molecule has 5 nitrogen and oxygen atoms in total. The molecule has 0 radical (unpaired) electrons. The van der Waals surface area contributed by atoms with Crippen molar-refractivity contribution in [2.75, 3.05) is 6.67 Å². The predicted octanol–water partition coefficient (Wildman–Crippen LogP) is -1.44. The van der Waals surface area contributed by atoms with Gasteiger partial charge >= 0.3 is 0 Å². The van der Waals surface area contributed by atoms with Crippen molar-refractivity contribution in [3.8, 4) is 0 Å². The highest BCUT2D eigenvalue weighted by atomic mass is 16.2. The third-order valence-electron chi connectivity index (χ3n) is 1.16. The Balaban J connectivity index is 2.75. The molecule has 0 saturated carbocycles. The van der Waals surface area contributed by atoms with Gasteiger partial charge in [-0.1, -0.05) is 0 Å². The lowest BCUT2D eigenvalue weighted by molar-refractivity contribution is -0.132. The number of nitrogens with two attached hydrogens (primary N) is 1. The van der Waals surface area contributed by atoms with E-state index in [0.717, 1.165) is 0 Å². The summed E-state index contributed by atoms with van der Waals surface area (Å²) >= 11 is 0. The van der Waals surface area contributed by atoms with Crippen LogP contribution in [-0.4, -0.2) is 24.1 Å². The minimum atomic E-state index is -0.977. The smallest absolute Gasteiger partial charge is 0.291 e. The standard InChI is InChI=1S/C6H7N3O2/c7-6(11)5(10)4-1-2-8-3-9-4/h1-2,8H,3H2,(H2,7,11). The monoisotopic (exact) mass is 153 g/mol. The molecule has 0 atom stereocenters. The number of nitrogens with one attached hydrogen (secondary N) is 1. The molecular formula is C6H7N3O2. The molecule has 0 aromatic rings. The Morgan fingerprint density at radius 2 is 2.36 bits per heavy atom. The summed E-state index contributed by atoms with van der Waals surface area (Å²) in [6.07, 6.45) is 2.96. The summed E-state index contributed by atoms with van der Waals surface area (Å²) in [7, 11) is 0. The van der Waals surface area contributed by atoms with Crippen molar-refractivity contribution in [1.82, 2.24) is 5.32 Å². The van der Waals surface area contributed by atoms with Crippen molar-refractivity contribution in [3.63, 3.8) is 0 Å². The van der Waals surface area contributed by atoms with Gasteiger partial charge in [-0.15, -0.1) is 0 Å². The van der Waals surface area contributed by atoms with Gasteiger partial charge in [0.25, 0.3) is 11.7 Å². The highest BCUT2D eigenvalue weighted by molar-refractivity contribution is 6.66. The number of primary amides is 1. The van der Waals surface area contributed by atoms with Crippen molar-refractivity contribution in [2.24, 2.45) is 10.7 Å². The maximum absolute atomic E-state index is 10.8. The maximum Gasteiger partial charge on any atom is 0.291 e. The Hall–Kier alpha value is -1.65. The molecule has 1 aliphatic rings. The highest BCUT2D eigenvalue weighted by Gasteiger charge is 2.15. The van der Waals surface area contributed by atoms with Gasteiger partial charge in [-0.2, -0.15) is 0 Å². The number of carbonyl (C=O) groups is 2. The predicted molar refractivity (Wildman–Crippen MR) is 38.8 cm³/mol. The lowest BCUT2D eigenvalue weighted by atomic mass is 10.2. The van der Waals surface area contributed by atoms with E-state index in [1.807, 2.05) is 0 Å². The summed E-state index contributed by atoms with van der Waals surface area (Å²) in [5.41, 5.74) is 4.85. The highest BCUT2D eigenvalue weighted by Crippen LogP contribution is 1.88. The zero-order valence-electron chi connectivity index (χ0n) is 5.70. The topological polar surface area (TPSA) is 84.6 Å². The fourth-order valence-corrected chi connectivity index (χ4v) is 0.648. The molecule has 1 heterocycles. The molecule has 11 heavy (non-hydrogen) atoms. The zero-order chi connectivity index (χ0) is 8.27. The number of Topliss-reactive ketones (excluding diaryl/α,β-unsaturated/α-hetero) is 1. The number of rotatable bonds is 2. The first kappa shape index (κ1) is 7.46. The van der Waals surface area contributed by atoms with Crippen LogP contribution >= 0.6 is 0 Å². The zero-order valence-corrected chi connectivity index (χ0v) is 5.70. The molecule has 0 unspecified atom stereocenters. The normalized spacial score (nSPS) is 15.1. The molecule has 0 saturated heterocycles. The van der Waals surface area contributed by atoms with Gasteiger partial charge in [0.2, 0.25) is 0 Å². The van der Waals surface area contributed by atoms with Gasteiger partial charge in [-0.25, -0.2) is 0 Å². The van der Waals surface area contributed by atoms with E-state index < -0.39 is 11.7 Å². The Labute approximate surface area is 63.0 Å². The molecule has 5 heteroatoms. The van der Waals surface area contributed by atoms with Gasteiger partial charge in [0.05, 0.1) is 0 Å². The molecule has 0 aromatic carbocycles. The summed E-state index contributed by atoms with van der Waals surface area (Å²) < 4.78 is 0. The Morgan fingerprint density at radius 1 is 1.64 bits per heavy atom. The molecule has 58 valence electrons. The van der Waals surface area contributed by atoms with Gasteiger partial charge < -0.3 is 11.1 Å². The first-order chi connectivity index (χ1) is 5.22. The van der Waals surface area contributed by atoms with Gasteiger partial charge in [0.1, 0.15) is 12.4 Å². The largest absolute Gasteiger partial charge is 0.372 e. The van der Waals surface area contributed by atoms with Crippen LogP contribution in [0.2, 0.25) is 0 Å². The number of nitrogens with zero attached hydrogens (tertiary/aromatic N) is 1. The molecule has 0 spiro atoms. The minimum Gasteiger partial charge on any atom is -0.372 e. The summed E-state index contributed by atoms with van der Waals surface area (Å²) in [4.78, 5) is 24.9. The average molecular weight is 153 g/mol. The van der Waals surface area contributed by atoms with Crippen LogP contribution in [0.15, 0.2) is 17.3 Å². The number of carbonyl (C=O) groups excluding carboxylic acids is 2. The van der Waals surface area contributed by atoms with Crippen LogP contribution in [0.3, 0.4) is 0 Å². The number of hydrogen-bond acceptors (Lipinski definition) is 4. The van der Waals surface area contributed by atoms with Gasteiger partial charge in [0, 0.05) is 6.20 Å². The summed E-state index contributed by atoms with van der Waals surface area (Å²) in [5, 5.41) is 2.74. The van der Waals surface area contributed by atoms with E-state index in [2.05, 4.69) is 10.3 Å². The Bertz CT molecular complexity index is 255. The molecule has 1 aliphatic heterocycles. The van der Waals surface area contributed by atoms with E-state index in [9.17, 15) is 9.59 Å². The fraction of sp³-hybridized carbons (Fsp3) is 0.167. The van der Waals surface area contributed by atoms with Gasteiger partial charge in [-0.05, 0) is 6.08 Å². The summed E-state index contributed by atoms with van der Waals surface area (Å²) in [6, 6.07) is 0. The molecule has 1 amide bonds. The molecule has 1 rings (SSSR count). The molecular weight excluding hydrogens is 146 g/mol. The van der Waals surface area contributed by atoms with E-state index in [-0.39, 0.29) is 5.71 Å². The minimum absolute atomic E-state index is 0.108. The molecule has 0 fully saturated rings. The van der Waals surface area contributed by atoms with Crippen LogP contribution in [0.25, 0.3) is 0 Å². The fourth-order valence-electron chi connectivity index (χ4n) is 0.648. The lowest BCUT2D eigenvalue weighted by Gasteiger charge is -2.03. The number of amides is 1. The van der Waals surface area contributed by atoms with Crippen LogP contribution in [0.1, 0.15) is 0 Å². The van der Waals surface area contributed by atoms with Crippen LogP contribution in [-0.2, 0) is 9.59 Å². The first-order valence-electron chi connectivity index (χ1n) is 3.00. The second-order valence-electron chi connectivity index (χ2n) is 1.93. The average Bonchev–Trinajstić information content (AvgIpc) is 2.05. The van der Waals surface area contributed by atoms with E-state index in [1.165, 1.54) is 6.08 Å². The van der Waals surface area contributed by atoms with Crippen LogP contribution in [0.5, 0.6) is 0 Å². The SMILES string of the molecule is NC(=O)C(=O)C1=NCNC=C1. The van der Waals surface area contributed by atoms with E-state index in [1.54, 1.807) is 6.20 Å². The molecule has 0 bridgehead atoms. The number of allylic oxidation sites excluding steroid dienone is 1. The quantitative estimate of drug-likeness (QED) is 0.476. The van der Waals surface area contributed by atoms with E-state index in [4.69, 9.17) is 5.73 Å². The third-order valence-corrected chi connectivity index (χ3v) is 1.16. The lowest BCUT2D eigenvalue weighted by Crippen LogP contribution is -2.31. The van der Waals surface area contributed by atoms with Gasteiger partial charge in [0.15, 0.2) is 0 Å². The van der Waals surface area contributed by atoms with E-state index in [0.29, 0.717) is 6.67 Å². The molecule has 0 aromatic heterocycles. The van der Waals surface area contributed by atoms with Crippen molar-refractivity contribution in [1.29, 1.82) is 0 Å². The van der Waals surface area contributed by atoms with Crippen molar-refractivity contribution in [2.45, 2.75) is 0 Å². The van der Waals surface area contributed by atoms with E-state index >= 15 is 0 Å². The number of hydrogen-bond donors (Lipinski definition) is 2. The first-order valence-corrected chi connectivity index (χ1v) is 3.00. The van der Waals surface area contributed by atoms with Crippen molar-refractivity contribution in [3.05, 3.63) is 12.3 Å². The van der Waals surface area contributed by atoms with Crippen molar-refractivity contribution < 1.29 is 9.59 Å². The number of aliphatic imine (C=N–C) groups is 1. The van der Waals surface area contributed by atoms with Gasteiger partial charge in [-0.3, -0.25) is 14.6 Å².